The number of hydrogen-bond donors (Lipinski definition) is 1. The molecule has 2 fully saturated rings. The van der Waals surface area contributed by atoms with Crippen molar-refractivity contribution in [3.63, 3.8) is 0 Å². The van der Waals surface area contributed by atoms with E-state index >= 15 is 0 Å². The second kappa shape index (κ2) is 6.06. The molecule has 2 aliphatic rings. The molecule has 0 bridgehead atoms. The number of nitrogens with zero attached hydrogens (tertiary/aromatic N) is 1. The molecule has 2 unspecified atom stereocenters. The summed E-state index contributed by atoms with van der Waals surface area (Å²) in [5.41, 5.74) is 8.31. The van der Waals surface area contributed by atoms with E-state index in [-0.39, 0.29) is 0 Å². The molecule has 0 radical (unpaired) electrons. The van der Waals surface area contributed by atoms with Gasteiger partial charge in [0.2, 0.25) is 0 Å². The predicted octanol–water partition coefficient (Wildman–Crippen LogP) is 3.16. The molecule has 2 heteroatoms. The third-order valence-corrected chi connectivity index (χ3v) is 5.04. The van der Waals surface area contributed by atoms with Crippen LogP contribution in [-0.2, 0) is 13.1 Å². The Kier molecular flexibility index (Phi) is 4.19. The summed E-state index contributed by atoms with van der Waals surface area (Å²) >= 11 is 0. The molecule has 2 atom stereocenters. The fourth-order valence-electron chi connectivity index (χ4n) is 3.86. The Morgan fingerprint density at radius 3 is 2.37 bits per heavy atom. The zero-order chi connectivity index (χ0) is 13.1. The van der Waals surface area contributed by atoms with Crippen molar-refractivity contribution in [3.8, 4) is 0 Å². The molecule has 2 N–H and O–H groups in total. The summed E-state index contributed by atoms with van der Waals surface area (Å²) in [4.78, 5) is 2.66. The number of rotatable bonds is 3. The van der Waals surface area contributed by atoms with Crippen molar-refractivity contribution in [2.24, 2.45) is 17.6 Å². The smallest absolute Gasteiger partial charge is 0.0233 e. The fourth-order valence-corrected chi connectivity index (χ4v) is 3.86. The van der Waals surface area contributed by atoms with Crippen LogP contribution in [0.4, 0.5) is 0 Å². The van der Waals surface area contributed by atoms with Gasteiger partial charge in [-0.25, -0.2) is 0 Å². The summed E-state index contributed by atoms with van der Waals surface area (Å²) in [6.07, 6.45) is 7.31. The Morgan fingerprint density at radius 1 is 0.947 bits per heavy atom. The monoisotopic (exact) mass is 258 g/mol. The van der Waals surface area contributed by atoms with Crippen molar-refractivity contribution < 1.29 is 0 Å². The third kappa shape index (κ3) is 3.18. The van der Waals surface area contributed by atoms with Crippen molar-refractivity contribution in [1.29, 1.82) is 0 Å². The molecule has 104 valence electrons. The average Bonchev–Trinajstić information content (AvgIpc) is 2.48. The van der Waals surface area contributed by atoms with Gasteiger partial charge in [0.05, 0.1) is 0 Å². The van der Waals surface area contributed by atoms with E-state index in [0.29, 0.717) is 6.54 Å². The Morgan fingerprint density at radius 2 is 1.63 bits per heavy atom. The summed E-state index contributed by atoms with van der Waals surface area (Å²) in [6, 6.07) is 8.83. The number of fused-ring (bicyclic) bond motifs is 1. The van der Waals surface area contributed by atoms with E-state index in [1.807, 2.05) is 0 Å². The van der Waals surface area contributed by atoms with Crippen molar-refractivity contribution in [2.45, 2.75) is 45.2 Å². The predicted molar refractivity (Wildman–Crippen MR) is 79.7 cm³/mol. The summed E-state index contributed by atoms with van der Waals surface area (Å²) < 4.78 is 0. The molecule has 0 spiro atoms. The topological polar surface area (TPSA) is 29.3 Å². The normalized spacial score (nSPS) is 28.1. The van der Waals surface area contributed by atoms with Gasteiger partial charge in [0.15, 0.2) is 0 Å². The second-order valence-corrected chi connectivity index (χ2v) is 6.35. The van der Waals surface area contributed by atoms with Crippen LogP contribution in [0, 0.1) is 11.8 Å². The lowest BCUT2D eigenvalue weighted by atomic mass is 9.75. The maximum Gasteiger partial charge on any atom is 0.0233 e. The first-order chi connectivity index (χ1) is 9.35. The van der Waals surface area contributed by atoms with Crippen molar-refractivity contribution >= 4 is 0 Å². The van der Waals surface area contributed by atoms with Gasteiger partial charge in [-0.1, -0.05) is 43.5 Å². The minimum atomic E-state index is 0.647. The SMILES string of the molecule is NCc1ccc(CN2CCC3CCCCC3C2)cc1. The minimum Gasteiger partial charge on any atom is -0.326 e. The van der Waals surface area contributed by atoms with E-state index in [2.05, 4.69) is 29.2 Å². The van der Waals surface area contributed by atoms with Crippen LogP contribution in [0.2, 0.25) is 0 Å². The minimum absolute atomic E-state index is 0.647. The fraction of sp³-hybridized carbons (Fsp3) is 0.647. The third-order valence-electron chi connectivity index (χ3n) is 5.04. The lowest BCUT2D eigenvalue weighted by Gasteiger charge is -2.41. The van der Waals surface area contributed by atoms with Gasteiger partial charge >= 0.3 is 0 Å². The van der Waals surface area contributed by atoms with Crippen LogP contribution in [0.1, 0.15) is 43.2 Å². The van der Waals surface area contributed by atoms with E-state index in [0.717, 1.165) is 18.4 Å². The summed E-state index contributed by atoms with van der Waals surface area (Å²) in [7, 11) is 0. The summed E-state index contributed by atoms with van der Waals surface area (Å²) in [6.45, 7) is 4.38. The number of likely N-dealkylation sites (tertiary alicyclic amines) is 1. The van der Waals surface area contributed by atoms with Crippen molar-refractivity contribution in [3.05, 3.63) is 35.4 Å². The van der Waals surface area contributed by atoms with Crippen LogP contribution < -0.4 is 5.73 Å². The van der Waals surface area contributed by atoms with Gasteiger partial charge < -0.3 is 5.73 Å². The van der Waals surface area contributed by atoms with Crippen molar-refractivity contribution in [1.82, 2.24) is 4.90 Å². The Labute approximate surface area is 117 Å². The molecule has 19 heavy (non-hydrogen) atoms. The molecule has 3 rings (SSSR count). The highest BCUT2D eigenvalue weighted by Crippen LogP contribution is 2.36. The first-order valence-electron chi connectivity index (χ1n) is 7.85. The van der Waals surface area contributed by atoms with Crippen LogP contribution in [0.15, 0.2) is 24.3 Å². The maximum atomic E-state index is 5.65. The molecule has 1 saturated heterocycles. The van der Waals surface area contributed by atoms with E-state index < -0.39 is 0 Å². The zero-order valence-electron chi connectivity index (χ0n) is 11.9. The number of piperidine rings is 1. The van der Waals surface area contributed by atoms with E-state index in [9.17, 15) is 0 Å². The van der Waals surface area contributed by atoms with Crippen LogP contribution in [0.25, 0.3) is 0 Å². The molecule has 0 aromatic heterocycles. The molecule has 1 aliphatic carbocycles. The number of hydrogen-bond acceptors (Lipinski definition) is 2. The van der Waals surface area contributed by atoms with Crippen LogP contribution >= 0.6 is 0 Å². The zero-order valence-corrected chi connectivity index (χ0v) is 11.9. The molecule has 1 aromatic carbocycles. The lowest BCUT2D eigenvalue weighted by molar-refractivity contribution is 0.0820. The molecule has 0 amide bonds. The van der Waals surface area contributed by atoms with Crippen LogP contribution in [0.3, 0.4) is 0 Å². The molecule has 1 aliphatic heterocycles. The van der Waals surface area contributed by atoms with E-state index in [4.69, 9.17) is 5.73 Å². The highest BCUT2D eigenvalue weighted by Gasteiger charge is 2.30. The standard InChI is InChI=1S/C17H26N2/c18-11-14-5-7-15(8-6-14)12-19-10-9-16-3-1-2-4-17(16)13-19/h5-8,16-17H,1-4,9-13,18H2. The van der Waals surface area contributed by atoms with Gasteiger partial charge in [0.25, 0.3) is 0 Å². The first kappa shape index (κ1) is 13.1. The Bertz CT molecular complexity index is 398. The van der Waals surface area contributed by atoms with Gasteiger partial charge in [-0.05, 0) is 42.3 Å². The lowest BCUT2D eigenvalue weighted by Crippen LogP contribution is -2.41. The quantitative estimate of drug-likeness (QED) is 0.902. The average molecular weight is 258 g/mol. The molecular weight excluding hydrogens is 232 g/mol. The Hall–Kier alpha value is -0.860. The van der Waals surface area contributed by atoms with Crippen LogP contribution in [0.5, 0.6) is 0 Å². The molecule has 2 nitrogen and oxygen atoms in total. The van der Waals surface area contributed by atoms with Crippen LogP contribution in [-0.4, -0.2) is 18.0 Å². The van der Waals surface area contributed by atoms with E-state index in [1.54, 1.807) is 0 Å². The highest BCUT2D eigenvalue weighted by atomic mass is 15.1. The van der Waals surface area contributed by atoms with Gasteiger partial charge in [0, 0.05) is 19.6 Å². The highest BCUT2D eigenvalue weighted by molar-refractivity contribution is 5.22. The molecule has 1 aromatic rings. The summed E-state index contributed by atoms with van der Waals surface area (Å²) in [5, 5.41) is 0. The largest absolute Gasteiger partial charge is 0.326 e. The maximum absolute atomic E-state index is 5.65. The molecule has 1 heterocycles. The second-order valence-electron chi connectivity index (χ2n) is 6.35. The van der Waals surface area contributed by atoms with Gasteiger partial charge in [0.1, 0.15) is 0 Å². The van der Waals surface area contributed by atoms with E-state index in [1.165, 1.54) is 56.3 Å². The molecular formula is C17H26N2. The van der Waals surface area contributed by atoms with Gasteiger partial charge in [-0.3, -0.25) is 4.90 Å². The van der Waals surface area contributed by atoms with Gasteiger partial charge in [-0.2, -0.15) is 0 Å². The van der Waals surface area contributed by atoms with Crippen molar-refractivity contribution in [2.75, 3.05) is 13.1 Å². The number of benzene rings is 1. The number of nitrogens with two attached hydrogens (primary N) is 1. The van der Waals surface area contributed by atoms with Gasteiger partial charge in [-0.15, -0.1) is 0 Å². The first-order valence-corrected chi connectivity index (χ1v) is 7.85. The molecule has 1 saturated carbocycles. The summed E-state index contributed by atoms with van der Waals surface area (Å²) in [5.74, 6) is 2.01. The Balaban J connectivity index is 1.57.